The van der Waals surface area contributed by atoms with E-state index < -0.39 is 11.7 Å². The first-order chi connectivity index (χ1) is 9.89. The molecular weight excluding hydrogens is 270 g/mol. The van der Waals surface area contributed by atoms with Gasteiger partial charge < -0.3 is 25.8 Å². The van der Waals surface area contributed by atoms with Crippen LogP contribution in [-0.4, -0.2) is 51.1 Å². The van der Waals surface area contributed by atoms with Crippen molar-refractivity contribution in [3.8, 4) is 0 Å². The Morgan fingerprint density at radius 2 is 1.95 bits per heavy atom. The third kappa shape index (κ3) is 13.6. The number of ether oxygens (including phenoxy) is 2. The highest BCUT2D eigenvalue weighted by Gasteiger charge is 2.14. The molecular formula is C15H31N3O3. The molecule has 6 nitrogen and oxygen atoms in total. The molecule has 0 saturated heterocycles. The van der Waals surface area contributed by atoms with Gasteiger partial charge in [-0.15, -0.1) is 0 Å². The van der Waals surface area contributed by atoms with E-state index in [0.29, 0.717) is 25.7 Å². The highest BCUT2D eigenvalue weighted by Crippen LogP contribution is 2.06. The average molecular weight is 301 g/mol. The molecule has 1 amide bonds. The molecule has 1 unspecified atom stereocenters. The lowest BCUT2D eigenvalue weighted by Gasteiger charge is -2.19. The average Bonchev–Trinajstić information content (AvgIpc) is 2.37. The predicted octanol–water partition coefficient (Wildman–Crippen LogP) is 1.41. The molecule has 21 heavy (non-hydrogen) atoms. The third-order valence-electron chi connectivity index (χ3n) is 2.58. The fourth-order valence-corrected chi connectivity index (χ4v) is 1.67. The van der Waals surface area contributed by atoms with Gasteiger partial charge in [0.25, 0.3) is 0 Å². The van der Waals surface area contributed by atoms with Crippen molar-refractivity contribution < 1.29 is 14.3 Å². The zero-order valence-electron chi connectivity index (χ0n) is 13.8. The Labute approximate surface area is 128 Å². The second-order valence-corrected chi connectivity index (χ2v) is 5.85. The number of nitrogens with two attached hydrogens (primary N) is 1. The quantitative estimate of drug-likeness (QED) is 0.531. The number of alkyl carbamates (subject to hydrolysis) is 1. The van der Waals surface area contributed by atoms with E-state index >= 15 is 0 Å². The van der Waals surface area contributed by atoms with Gasteiger partial charge in [-0.3, -0.25) is 0 Å². The van der Waals surface area contributed by atoms with E-state index in [1.54, 1.807) is 7.11 Å². The van der Waals surface area contributed by atoms with Crippen molar-refractivity contribution in [2.24, 2.45) is 5.73 Å². The van der Waals surface area contributed by atoms with Gasteiger partial charge in [0, 0.05) is 26.2 Å². The second kappa shape index (κ2) is 11.5. The van der Waals surface area contributed by atoms with Crippen LogP contribution in [0.5, 0.6) is 0 Å². The molecule has 0 aromatic heterocycles. The normalized spacial score (nSPS) is 13.4. The van der Waals surface area contributed by atoms with Crippen molar-refractivity contribution in [2.45, 2.75) is 45.3 Å². The molecule has 0 aliphatic heterocycles. The summed E-state index contributed by atoms with van der Waals surface area (Å²) in [6.07, 6.45) is 5.44. The molecule has 0 spiro atoms. The van der Waals surface area contributed by atoms with Gasteiger partial charge in [-0.25, -0.2) is 4.79 Å². The predicted molar refractivity (Wildman–Crippen MR) is 85.3 cm³/mol. The number of hydrogen-bond acceptors (Lipinski definition) is 5. The summed E-state index contributed by atoms with van der Waals surface area (Å²) >= 11 is 0. The number of amides is 1. The first-order valence-corrected chi connectivity index (χ1v) is 7.43. The maximum atomic E-state index is 11.4. The lowest BCUT2D eigenvalue weighted by molar-refractivity contribution is 0.0534. The Kier molecular flexibility index (Phi) is 10.9. The standard InChI is InChI=1S/C15H31N3O3/c1-15(2,3)21-14(19)18-11-6-5-10-17-13(12-20-4)8-7-9-16/h5-6,13,17H,7-12,16H2,1-4H3,(H,18,19)/b6-5+. The fourth-order valence-electron chi connectivity index (χ4n) is 1.67. The maximum absolute atomic E-state index is 11.4. The van der Waals surface area contributed by atoms with Gasteiger partial charge in [-0.2, -0.15) is 0 Å². The van der Waals surface area contributed by atoms with Crippen molar-refractivity contribution in [1.29, 1.82) is 0 Å². The van der Waals surface area contributed by atoms with Gasteiger partial charge in [0.05, 0.1) is 6.61 Å². The molecule has 0 fully saturated rings. The van der Waals surface area contributed by atoms with Gasteiger partial charge in [0.1, 0.15) is 5.60 Å². The third-order valence-corrected chi connectivity index (χ3v) is 2.58. The second-order valence-electron chi connectivity index (χ2n) is 5.85. The largest absolute Gasteiger partial charge is 0.444 e. The first-order valence-electron chi connectivity index (χ1n) is 7.43. The molecule has 1 atom stereocenters. The zero-order valence-corrected chi connectivity index (χ0v) is 13.8. The van der Waals surface area contributed by atoms with Crippen LogP contribution in [0.4, 0.5) is 4.79 Å². The van der Waals surface area contributed by atoms with Crippen LogP contribution in [0.3, 0.4) is 0 Å². The fraction of sp³-hybridized carbons (Fsp3) is 0.800. The summed E-state index contributed by atoms with van der Waals surface area (Å²) in [5, 5.41) is 6.04. The Hall–Kier alpha value is -1.11. The molecule has 0 rings (SSSR count). The summed E-state index contributed by atoms with van der Waals surface area (Å²) in [5.41, 5.74) is 5.04. The highest BCUT2D eigenvalue weighted by atomic mass is 16.6. The summed E-state index contributed by atoms with van der Waals surface area (Å²) in [5.74, 6) is 0. The molecule has 0 aliphatic carbocycles. The van der Waals surface area contributed by atoms with E-state index in [2.05, 4.69) is 10.6 Å². The monoisotopic (exact) mass is 301 g/mol. The van der Waals surface area contributed by atoms with Crippen LogP contribution in [-0.2, 0) is 9.47 Å². The van der Waals surface area contributed by atoms with Crippen LogP contribution >= 0.6 is 0 Å². The number of rotatable bonds is 10. The summed E-state index contributed by atoms with van der Waals surface area (Å²) in [6, 6.07) is 0.307. The molecule has 124 valence electrons. The van der Waals surface area contributed by atoms with Crippen molar-refractivity contribution in [3.63, 3.8) is 0 Å². The lowest BCUT2D eigenvalue weighted by atomic mass is 10.1. The molecule has 0 heterocycles. The Balaban J connectivity index is 3.77. The van der Waals surface area contributed by atoms with Gasteiger partial charge >= 0.3 is 6.09 Å². The maximum Gasteiger partial charge on any atom is 0.407 e. The molecule has 0 bridgehead atoms. The van der Waals surface area contributed by atoms with Crippen LogP contribution in [0.2, 0.25) is 0 Å². The molecule has 0 saturated carbocycles. The molecule has 0 aliphatic rings. The zero-order chi connectivity index (χ0) is 16.1. The molecule has 0 aromatic rings. The van der Waals surface area contributed by atoms with E-state index in [9.17, 15) is 4.79 Å². The van der Waals surface area contributed by atoms with E-state index in [4.69, 9.17) is 15.2 Å². The molecule has 0 radical (unpaired) electrons. The highest BCUT2D eigenvalue weighted by molar-refractivity contribution is 5.67. The molecule has 6 heteroatoms. The van der Waals surface area contributed by atoms with Crippen LogP contribution in [0.15, 0.2) is 12.2 Å². The van der Waals surface area contributed by atoms with Gasteiger partial charge in [-0.1, -0.05) is 12.2 Å². The number of nitrogens with one attached hydrogen (secondary N) is 2. The van der Waals surface area contributed by atoms with E-state index in [1.807, 2.05) is 32.9 Å². The van der Waals surface area contributed by atoms with Gasteiger partial charge in [0.15, 0.2) is 0 Å². The minimum atomic E-state index is -0.467. The first kappa shape index (κ1) is 19.9. The Morgan fingerprint density at radius 1 is 1.29 bits per heavy atom. The van der Waals surface area contributed by atoms with Crippen molar-refractivity contribution >= 4 is 6.09 Å². The number of carbonyl (C=O) groups is 1. The minimum Gasteiger partial charge on any atom is -0.444 e. The van der Waals surface area contributed by atoms with Crippen LogP contribution < -0.4 is 16.4 Å². The summed E-state index contributed by atoms with van der Waals surface area (Å²) < 4.78 is 10.3. The van der Waals surface area contributed by atoms with E-state index in [1.165, 1.54) is 0 Å². The van der Waals surface area contributed by atoms with Crippen molar-refractivity contribution in [2.75, 3.05) is 33.4 Å². The van der Waals surface area contributed by atoms with Crippen LogP contribution in [0, 0.1) is 0 Å². The minimum absolute atomic E-state index is 0.307. The van der Waals surface area contributed by atoms with Crippen molar-refractivity contribution in [1.82, 2.24) is 10.6 Å². The summed E-state index contributed by atoms with van der Waals surface area (Å²) in [7, 11) is 1.69. The Morgan fingerprint density at radius 3 is 2.52 bits per heavy atom. The lowest BCUT2D eigenvalue weighted by Crippen LogP contribution is -2.34. The SMILES string of the molecule is COCC(CCCN)NC/C=C/CNC(=O)OC(C)(C)C. The van der Waals surface area contributed by atoms with Gasteiger partial charge in [0.2, 0.25) is 0 Å². The number of carbonyl (C=O) groups excluding carboxylic acids is 1. The van der Waals surface area contributed by atoms with Crippen LogP contribution in [0.1, 0.15) is 33.6 Å². The van der Waals surface area contributed by atoms with Crippen LogP contribution in [0.25, 0.3) is 0 Å². The summed E-state index contributed by atoms with van der Waals surface area (Å²) in [6.45, 7) is 8.06. The molecule has 4 N–H and O–H groups in total. The smallest absolute Gasteiger partial charge is 0.407 e. The van der Waals surface area contributed by atoms with E-state index in [0.717, 1.165) is 19.4 Å². The van der Waals surface area contributed by atoms with E-state index in [-0.39, 0.29) is 0 Å². The van der Waals surface area contributed by atoms with Crippen molar-refractivity contribution in [3.05, 3.63) is 12.2 Å². The molecule has 0 aromatic carbocycles. The van der Waals surface area contributed by atoms with Gasteiger partial charge in [-0.05, 0) is 40.2 Å². The topological polar surface area (TPSA) is 85.6 Å². The number of methoxy groups -OCH3 is 1. The number of hydrogen-bond donors (Lipinski definition) is 3. The summed E-state index contributed by atoms with van der Waals surface area (Å²) in [4.78, 5) is 11.4. The Bertz CT molecular complexity index is 301.